The lowest BCUT2D eigenvalue weighted by molar-refractivity contribution is 0.550. The van der Waals surface area contributed by atoms with E-state index in [0.717, 1.165) is 5.92 Å². The molecular formula is C13H32. The molecule has 0 fully saturated rings. The van der Waals surface area contributed by atoms with Gasteiger partial charge in [-0.3, -0.25) is 0 Å². The SMILES string of the molecule is CCC.CCC.CCCCC(C)C. The molecule has 0 aliphatic heterocycles. The van der Waals surface area contributed by atoms with Crippen LogP contribution in [0.5, 0.6) is 0 Å². The lowest BCUT2D eigenvalue weighted by atomic mass is 10.1. The van der Waals surface area contributed by atoms with Crippen molar-refractivity contribution in [2.45, 2.75) is 80.6 Å². The molecule has 0 radical (unpaired) electrons. The molecule has 0 saturated carbocycles. The van der Waals surface area contributed by atoms with Crippen LogP contribution >= 0.6 is 0 Å². The van der Waals surface area contributed by atoms with E-state index in [0.29, 0.717) is 0 Å². The summed E-state index contributed by atoms with van der Waals surface area (Å²) in [5, 5.41) is 0. The Bertz CT molecular complexity index is 44.0. The molecule has 0 spiro atoms. The quantitative estimate of drug-likeness (QED) is 0.535. The molecule has 0 nitrogen and oxygen atoms in total. The number of hydrogen-bond acceptors (Lipinski definition) is 0. The molecule has 0 unspecified atom stereocenters. The molecule has 0 aliphatic rings. The van der Waals surface area contributed by atoms with Crippen molar-refractivity contribution >= 4 is 0 Å². The normalized spacial score (nSPS) is 8.31. The molecule has 0 amide bonds. The largest absolute Gasteiger partial charge is 0.0656 e. The highest BCUT2D eigenvalue weighted by atomic mass is 13.9. The highest BCUT2D eigenvalue weighted by Gasteiger charge is 1.88. The van der Waals surface area contributed by atoms with Crippen LogP contribution in [0.25, 0.3) is 0 Å². The van der Waals surface area contributed by atoms with Gasteiger partial charge in [0, 0.05) is 0 Å². The third kappa shape index (κ3) is 75.0. The van der Waals surface area contributed by atoms with Crippen LogP contribution in [-0.2, 0) is 0 Å². The predicted molar refractivity (Wildman–Crippen MR) is 66.3 cm³/mol. The van der Waals surface area contributed by atoms with Crippen molar-refractivity contribution in [2.75, 3.05) is 0 Å². The van der Waals surface area contributed by atoms with Gasteiger partial charge in [-0.1, -0.05) is 80.6 Å². The van der Waals surface area contributed by atoms with E-state index in [-0.39, 0.29) is 0 Å². The molecular weight excluding hydrogens is 156 g/mol. The topological polar surface area (TPSA) is 0 Å². The number of unbranched alkanes of at least 4 members (excludes halogenated alkanes) is 1. The Kier molecular flexibility index (Phi) is 32.7. The molecule has 0 aromatic carbocycles. The van der Waals surface area contributed by atoms with E-state index in [1.54, 1.807) is 0 Å². The van der Waals surface area contributed by atoms with E-state index >= 15 is 0 Å². The fourth-order valence-corrected chi connectivity index (χ4v) is 0.612. The summed E-state index contributed by atoms with van der Waals surface area (Å²) in [5.41, 5.74) is 0. The van der Waals surface area contributed by atoms with Crippen molar-refractivity contribution < 1.29 is 0 Å². The molecule has 0 rings (SSSR count). The Morgan fingerprint density at radius 3 is 1.15 bits per heavy atom. The minimum Gasteiger partial charge on any atom is -0.0656 e. The van der Waals surface area contributed by atoms with Crippen molar-refractivity contribution in [3.8, 4) is 0 Å². The van der Waals surface area contributed by atoms with Crippen LogP contribution in [0.3, 0.4) is 0 Å². The summed E-state index contributed by atoms with van der Waals surface area (Å²) in [4.78, 5) is 0. The van der Waals surface area contributed by atoms with E-state index in [1.165, 1.54) is 32.1 Å². The van der Waals surface area contributed by atoms with E-state index < -0.39 is 0 Å². The van der Waals surface area contributed by atoms with Gasteiger partial charge in [-0.2, -0.15) is 0 Å². The molecule has 0 heterocycles. The van der Waals surface area contributed by atoms with Gasteiger partial charge in [0.1, 0.15) is 0 Å². The molecule has 0 bridgehead atoms. The second kappa shape index (κ2) is 22.7. The maximum absolute atomic E-state index is 2.27. The fraction of sp³-hybridized carbons (Fsp3) is 1.00. The van der Waals surface area contributed by atoms with Gasteiger partial charge in [0.2, 0.25) is 0 Å². The van der Waals surface area contributed by atoms with Crippen LogP contribution < -0.4 is 0 Å². The van der Waals surface area contributed by atoms with Gasteiger partial charge in [-0.05, 0) is 5.92 Å². The van der Waals surface area contributed by atoms with E-state index in [4.69, 9.17) is 0 Å². The van der Waals surface area contributed by atoms with Gasteiger partial charge in [0.15, 0.2) is 0 Å². The summed E-state index contributed by atoms with van der Waals surface area (Å²) in [6.45, 7) is 15.3. The summed E-state index contributed by atoms with van der Waals surface area (Å²) in [7, 11) is 0. The summed E-state index contributed by atoms with van der Waals surface area (Å²) < 4.78 is 0. The number of hydrogen-bond donors (Lipinski definition) is 0. The Hall–Kier alpha value is 0. The highest BCUT2D eigenvalue weighted by molar-refractivity contribution is 4.42. The minimum absolute atomic E-state index is 0.903. The number of rotatable bonds is 3. The van der Waals surface area contributed by atoms with Crippen molar-refractivity contribution in [3.05, 3.63) is 0 Å². The third-order valence-electron chi connectivity index (χ3n) is 1.14. The molecule has 0 aromatic heterocycles. The van der Waals surface area contributed by atoms with Crippen molar-refractivity contribution in [2.24, 2.45) is 5.92 Å². The van der Waals surface area contributed by atoms with E-state index in [2.05, 4.69) is 48.5 Å². The smallest absolute Gasteiger partial charge is 0.0471 e. The van der Waals surface area contributed by atoms with Gasteiger partial charge in [0.05, 0.1) is 0 Å². The zero-order chi connectivity index (χ0) is 11.1. The van der Waals surface area contributed by atoms with Crippen LogP contribution in [0.1, 0.15) is 80.6 Å². The molecule has 0 aliphatic carbocycles. The zero-order valence-corrected chi connectivity index (χ0v) is 11.1. The van der Waals surface area contributed by atoms with Gasteiger partial charge in [-0.25, -0.2) is 0 Å². The van der Waals surface area contributed by atoms with Crippen molar-refractivity contribution in [3.63, 3.8) is 0 Å². The third-order valence-corrected chi connectivity index (χ3v) is 1.14. The second-order valence-corrected chi connectivity index (χ2v) is 3.95. The summed E-state index contributed by atoms with van der Waals surface area (Å²) in [6, 6.07) is 0. The Labute approximate surface area is 87.1 Å². The van der Waals surface area contributed by atoms with Crippen LogP contribution in [0.2, 0.25) is 0 Å². The first-order valence-corrected chi connectivity index (χ1v) is 6.10. The Balaban J connectivity index is -0.000000140. The molecule has 0 N–H and O–H groups in total. The second-order valence-electron chi connectivity index (χ2n) is 3.95. The minimum atomic E-state index is 0.903. The monoisotopic (exact) mass is 188 g/mol. The molecule has 0 saturated heterocycles. The van der Waals surface area contributed by atoms with Crippen LogP contribution in [0.15, 0.2) is 0 Å². The molecule has 0 aromatic rings. The van der Waals surface area contributed by atoms with E-state index in [9.17, 15) is 0 Å². The predicted octanol–water partition coefficient (Wildman–Crippen LogP) is 5.67. The van der Waals surface area contributed by atoms with Crippen molar-refractivity contribution in [1.82, 2.24) is 0 Å². The molecule has 0 atom stereocenters. The average molecular weight is 188 g/mol. The van der Waals surface area contributed by atoms with Gasteiger partial charge < -0.3 is 0 Å². The standard InChI is InChI=1S/C7H16.2C3H8/c1-4-5-6-7(2)3;2*1-3-2/h7H,4-6H2,1-3H3;2*3H2,1-2H3. The summed E-state index contributed by atoms with van der Waals surface area (Å²) in [5.74, 6) is 0.903. The summed E-state index contributed by atoms with van der Waals surface area (Å²) in [6.07, 6.45) is 6.65. The lowest BCUT2D eigenvalue weighted by Crippen LogP contribution is -1.83. The molecule has 13 heavy (non-hydrogen) atoms. The maximum atomic E-state index is 2.27. The Morgan fingerprint density at radius 1 is 0.769 bits per heavy atom. The van der Waals surface area contributed by atoms with Crippen LogP contribution in [-0.4, -0.2) is 0 Å². The van der Waals surface area contributed by atoms with Crippen LogP contribution in [0.4, 0.5) is 0 Å². The summed E-state index contributed by atoms with van der Waals surface area (Å²) >= 11 is 0. The Morgan fingerprint density at radius 2 is 1.08 bits per heavy atom. The first kappa shape index (κ1) is 18.7. The first-order chi connectivity index (χ1) is 6.10. The van der Waals surface area contributed by atoms with Gasteiger partial charge in [-0.15, -0.1) is 0 Å². The van der Waals surface area contributed by atoms with E-state index in [1.807, 2.05) is 0 Å². The van der Waals surface area contributed by atoms with Crippen LogP contribution in [0, 0.1) is 5.92 Å². The van der Waals surface area contributed by atoms with Gasteiger partial charge >= 0.3 is 0 Å². The average Bonchev–Trinajstić information content (AvgIpc) is 2.04. The zero-order valence-electron chi connectivity index (χ0n) is 11.1. The van der Waals surface area contributed by atoms with Gasteiger partial charge in [0.25, 0.3) is 0 Å². The lowest BCUT2D eigenvalue weighted by Gasteiger charge is -1.98. The van der Waals surface area contributed by atoms with Crippen molar-refractivity contribution in [1.29, 1.82) is 0 Å². The highest BCUT2D eigenvalue weighted by Crippen LogP contribution is 2.04. The first-order valence-electron chi connectivity index (χ1n) is 6.10. The molecule has 0 heteroatoms. The maximum Gasteiger partial charge on any atom is -0.0471 e. The fourth-order valence-electron chi connectivity index (χ4n) is 0.612. The molecule has 84 valence electrons.